The number of guanidine groups is 1. The quantitative estimate of drug-likeness (QED) is 0.397. The molecule has 0 aliphatic heterocycles. The van der Waals surface area contributed by atoms with Crippen molar-refractivity contribution in [2.24, 2.45) is 4.99 Å². The maximum atomic E-state index is 6.19. The van der Waals surface area contributed by atoms with E-state index in [1.807, 2.05) is 24.3 Å². The van der Waals surface area contributed by atoms with Crippen molar-refractivity contribution in [1.82, 2.24) is 20.8 Å². The second-order valence-corrected chi connectivity index (χ2v) is 6.74. The topological polar surface area (TPSA) is 75.3 Å². The molecule has 0 fully saturated rings. The van der Waals surface area contributed by atoms with E-state index in [4.69, 9.17) is 16.1 Å². The van der Waals surface area contributed by atoms with Gasteiger partial charge in [-0.05, 0) is 31.4 Å². The molecule has 0 aliphatic carbocycles. The summed E-state index contributed by atoms with van der Waals surface area (Å²) in [6.07, 6.45) is 2.45. The van der Waals surface area contributed by atoms with Gasteiger partial charge >= 0.3 is 0 Å². The molecule has 0 aliphatic rings. The summed E-state index contributed by atoms with van der Waals surface area (Å²) in [5, 5.41) is 11.4. The van der Waals surface area contributed by atoms with E-state index < -0.39 is 0 Å². The third kappa shape index (κ3) is 6.67. The van der Waals surface area contributed by atoms with E-state index in [1.54, 1.807) is 0 Å². The van der Waals surface area contributed by atoms with Crippen molar-refractivity contribution in [3.8, 4) is 0 Å². The Kier molecular flexibility index (Phi) is 8.41. The maximum absolute atomic E-state index is 6.19. The van der Waals surface area contributed by atoms with Crippen LogP contribution in [-0.4, -0.2) is 35.7 Å². The van der Waals surface area contributed by atoms with Crippen LogP contribution >= 0.6 is 11.6 Å². The van der Waals surface area contributed by atoms with Gasteiger partial charge in [0.05, 0.1) is 0 Å². The Balaban J connectivity index is 1.75. The standard InChI is InChI=1S/C19H28ClN5O/c1-4-21-19(23-13-11-15-8-5-6-9-16(15)20)22-12-7-10-17-24-18(14(2)3)25-26-17/h5-6,8-9,14H,4,7,10-13H2,1-3H3,(H2,21,22,23). The van der Waals surface area contributed by atoms with Crippen molar-refractivity contribution < 1.29 is 4.52 Å². The molecule has 0 atom stereocenters. The minimum atomic E-state index is 0.285. The van der Waals surface area contributed by atoms with E-state index in [-0.39, 0.29) is 5.92 Å². The first-order chi connectivity index (χ1) is 12.6. The summed E-state index contributed by atoms with van der Waals surface area (Å²) in [7, 11) is 0. The van der Waals surface area contributed by atoms with Gasteiger partial charge in [-0.15, -0.1) is 0 Å². The number of aromatic nitrogens is 2. The average Bonchev–Trinajstić information content (AvgIpc) is 3.09. The Morgan fingerprint density at radius 2 is 2.04 bits per heavy atom. The van der Waals surface area contributed by atoms with Crippen LogP contribution in [0.15, 0.2) is 33.8 Å². The zero-order valence-electron chi connectivity index (χ0n) is 15.8. The van der Waals surface area contributed by atoms with Crippen molar-refractivity contribution in [3.63, 3.8) is 0 Å². The number of hydrogen-bond acceptors (Lipinski definition) is 4. The second-order valence-electron chi connectivity index (χ2n) is 6.33. The molecular weight excluding hydrogens is 350 g/mol. The fourth-order valence-corrected chi connectivity index (χ4v) is 2.61. The first-order valence-electron chi connectivity index (χ1n) is 9.18. The fraction of sp³-hybridized carbons (Fsp3) is 0.526. The molecule has 0 bridgehead atoms. The number of rotatable bonds is 9. The zero-order valence-corrected chi connectivity index (χ0v) is 16.5. The Labute approximate surface area is 160 Å². The third-order valence-corrected chi connectivity index (χ3v) is 4.18. The minimum Gasteiger partial charge on any atom is -0.357 e. The maximum Gasteiger partial charge on any atom is 0.226 e. The zero-order chi connectivity index (χ0) is 18.8. The largest absolute Gasteiger partial charge is 0.357 e. The van der Waals surface area contributed by atoms with Crippen LogP contribution in [0.3, 0.4) is 0 Å². The summed E-state index contributed by atoms with van der Waals surface area (Å²) < 4.78 is 5.25. The molecule has 0 spiro atoms. The third-order valence-electron chi connectivity index (χ3n) is 3.81. The van der Waals surface area contributed by atoms with Gasteiger partial charge in [0.25, 0.3) is 0 Å². The number of aliphatic imine (C=N–C) groups is 1. The molecule has 1 aromatic heterocycles. The molecule has 0 unspecified atom stereocenters. The number of benzene rings is 1. The van der Waals surface area contributed by atoms with Gasteiger partial charge in [-0.2, -0.15) is 4.98 Å². The smallest absolute Gasteiger partial charge is 0.226 e. The molecule has 1 aromatic carbocycles. The van der Waals surface area contributed by atoms with Gasteiger partial charge in [0, 0.05) is 37.0 Å². The lowest BCUT2D eigenvalue weighted by Gasteiger charge is -2.11. The molecule has 2 aromatic rings. The van der Waals surface area contributed by atoms with Crippen molar-refractivity contribution >= 4 is 17.6 Å². The first kappa shape index (κ1) is 20.2. The van der Waals surface area contributed by atoms with E-state index in [2.05, 4.69) is 46.5 Å². The Hall–Kier alpha value is -2.08. The number of halogens is 1. The molecule has 7 heteroatoms. The lowest BCUT2D eigenvalue weighted by molar-refractivity contribution is 0.369. The number of hydrogen-bond donors (Lipinski definition) is 2. The van der Waals surface area contributed by atoms with E-state index >= 15 is 0 Å². The molecule has 0 radical (unpaired) electrons. The average molecular weight is 378 g/mol. The summed E-state index contributed by atoms with van der Waals surface area (Å²) in [4.78, 5) is 8.98. The number of aryl methyl sites for hydroxylation is 1. The van der Waals surface area contributed by atoms with Gasteiger partial charge in [0.2, 0.25) is 5.89 Å². The van der Waals surface area contributed by atoms with E-state index in [0.29, 0.717) is 12.4 Å². The van der Waals surface area contributed by atoms with Gasteiger partial charge in [-0.3, -0.25) is 4.99 Å². The Morgan fingerprint density at radius 1 is 1.23 bits per heavy atom. The predicted octanol–water partition coefficient (Wildman–Crippen LogP) is 3.58. The van der Waals surface area contributed by atoms with Gasteiger partial charge in [-0.1, -0.05) is 48.8 Å². The van der Waals surface area contributed by atoms with E-state index in [0.717, 1.165) is 54.7 Å². The summed E-state index contributed by atoms with van der Waals surface area (Å²) in [5.74, 6) is 2.54. The molecule has 142 valence electrons. The fourth-order valence-electron chi connectivity index (χ4n) is 2.38. The second kappa shape index (κ2) is 10.8. The summed E-state index contributed by atoms with van der Waals surface area (Å²) in [6, 6.07) is 7.91. The lowest BCUT2D eigenvalue weighted by atomic mass is 10.1. The highest BCUT2D eigenvalue weighted by molar-refractivity contribution is 6.31. The summed E-state index contributed by atoms with van der Waals surface area (Å²) in [5.41, 5.74) is 1.13. The normalized spacial score (nSPS) is 11.8. The van der Waals surface area contributed by atoms with Crippen LogP contribution in [0.1, 0.15) is 50.4 Å². The molecule has 0 saturated heterocycles. The molecule has 2 N–H and O–H groups in total. The van der Waals surface area contributed by atoms with Crippen molar-refractivity contribution in [3.05, 3.63) is 46.6 Å². The molecule has 26 heavy (non-hydrogen) atoms. The Morgan fingerprint density at radius 3 is 2.73 bits per heavy atom. The van der Waals surface area contributed by atoms with Gasteiger partial charge < -0.3 is 15.2 Å². The highest BCUT2D eigenvalue weighted by Gasteiger charge is 2.09. The van der Waals surface area contributed by atoms with E-state index in [9.17, 15) is 0 Å². The molecule has 0 saturated carbocycles. The first-order valence-corrected chi connectivity index (χ1v) is 9.56. The van der Waals surface area contributed by atoms with Crippen LogP contribution in [0.2, 0.25) is 5.02 Å². The molecule has 2 rings (SSSR count). The van der Waals surface area contributed by atoms with Gasteiger partial charge in [-0.25, -0.2) is 0 Å². The lowest BCUT2D eigenvalue weighted by Crippen LogP contribution is -2.38. The minimum absolute atomic E-state index is 0.285. The highest BCUT2D eigenvalue weighted by atomic mass is 35.5. The van der Waals surface area contributed by atoms with Crippen molar-refractivity contribution in [1.29, 1.82) is 0 Å². The monoisotopic (exact) mass is 377 g/mol. The van der Waals surface area contributed by atoms with Crippen molar-refractivity contribution in [2.75, 3.05) is 19.6 Å². The van der Waals surface area contributed by atoms with Crippen LogP contribution in [0, 0.1) is 0 Å². The SMILES string of the molecule is CCNC(=NCCCc1nc(C(C)C)no1)NCCc1ccccc1Cl. The van der Waals surface area contributed by atoms with Gasteiger partial charge in [0.15, 0.2) is 11.8 Å². The number of nitrogens with zero attached hydrogens (tertiary/aromatic N) is 3. The van der Waals surface area contributed by atoms with E-state index in [1.165, 1.54) is 0 Å². The van der Waals surface area contributed by atoms with Crippen LogP contribution < -0.4 is 10.6 Å². The predicted molar refractivity (Wildman–Crippen MR) is 106 cm³/mol. The molecule has 0 amide bonds. The Bertz CT molecular complexity index is 699. The van der Waals surface area contributed by atoms with Crippen LogP contribution in [0.5, 0.6) is 0 Å². The molecule has 6 nitrogen and oxygen atoms in total. The molecular formula is C19H28ClN5O. The van der Waals surface area contributed by atoms with Gasteiger partial charge in [0.1, 0.15) is 0 Å². The van der Waals surface area contributed by atoms with Crippen LogP contribution in [0.4, 0.5) is 0 Å². The highest BCUT2D eigenvalue weighted by Crippen LogP contribution is 2.14. The molecule has 1 heterocycles. The summed E-state index contributed by atoms with van der Waals surface area (Å²) >= 11 is 6.19. The summed E-state index contributed by atoms with van der Waals surface area (Å²) in [6.45, 7) is 8.44. The number of nitrogens with one attached hydrogen (secondary N) is 2. The van der Waals surface area contributed by atoms with Crippen LogP contribution in [0.25, 0.3) is 0 Å². The van der Waals surface area contributed by atoms with Crippen LogP contribution in [-0.2, 0) is 12.8 Å². The van der Waals surface area contributed by atoms with Crippen molar-refractivity contribution in [2.45, 2.75) is 46.0 Å².